The number of nitrogens with zero attached hydrogens (tertiary/aromatic N) is 1. The highest BCUT2D eigenvalue weighted by Gasteiger charge is 2.15. The van der Waals surface area contributed by atoms with Crippen LogP contribution in [0.4, 0.5) is 15.3 Å². The molecule has 0 aromatic heterocycles. The van der Waals surface area contributed by atoms with Crippen LogP contribution >= 0.6 is 11.6 Å². The lowest BCUT2D eigenvalue weighted by Crippen LogP contribution is -2.44. The van der Waals surface area contributed by atoms with Crippen molar-refractivity contribution in [3.05, 3.63) is 101 Å². The minimum absolute atomic E-state index is 0.00304. The third-order valence-electron chi connectivity index (χ3n) is 4.29. The number of amides is 2. The molecule has 9 nitrogen and oxygen atoms in total. The first-order valence-corrected chi connectivity index (χ1v) is 10.4. The van der Waals surface area contributed by atoms with Crippen LogP contribution in [0.1, 0.15) is 21.5 Å². The molecule has 0 aliphatic carbocycles. The Morgan fingerprint density at radius 2 is 1.29 bits per heavy atom. The molecule has 0 unspecified atom stereocenters. The third kappa shape index (κ3) is 7.64. The van der Waals surface area contributed by atoms with Gasteiger partial charge < -0.3 is 14.6 Å². The molecule has 3 aromatic rings. The van der Waals surface area contributed by atoms with Crippen molar-refractivity contribution in [3.8, 4) is 0 Å². The second kappa shape index (κ2) is 12.0. The first-order valence-electron chi connectivity index (χ1n) is 9.97. The summed E-state index contributed by atoms with van der Waals surface area (Å²) in [6.07, 6.45) is -1.81. The average molecular weight is 482 g/mol. The minimum atomic E-state index is -1.19. The van der Waals surface area contributed by atoms with Gasteiger partial charge in [-0.05, 0) is 29.3 Å². The van der Waals surface area contributed by atoms with Crippen LogP contribution in [-0.2, 0) is 22.7 Å². The Labute approximate surface area is 200 Å². The van der Waals surface area contributed by atoms with Crippen LogP contribution in [0.3, 0.4) is 0 Å². The topological polar surface area (TPSA) is 126 Å². The number of hydrogen-bond acceptors (Lipinski definition) is 6. The number of aliphatic imine (C=N–C) groups is 1. The predicted molar refractivity (Wildman–Crippen MR) is 125 cm³/mol. The summed E-state index contributed by atoms with van der Waals surface area (Å²) in [6.45, 7) is -0.0404. The molecule has 0 radical (unpaired) electrons. The fourth-order valence-electron chi connectivity index (χ4n) is 2.65. The van der Waals surface area contributed by atoms with Gasteiger partial charge >= 0.3 is 18.2 Å². The molecule has 10 heteroatoms. The van der Waals surface area contributed by atoms with Crippen molar-refractivity contribution in [2.45, 2.75) is 13.2 Å². The molecule has 0 fully saturated rings. The van der Waals surface area contributed by atoms with E-state index in [-0.39, 0.29) is 35.4 Å². The number of carbonyl (C=O) groups is 3. The molecule has 0 spiro atoms. The Morgan fingerprint density at radius 3 is 1.76 bits per heavy atom. The van der Waals surface area contributed by atoms with Crippen LogP contribution < -0.4 is 10.6 Å². The monoisotopic (exact) mass is 481 g/mol. The van der Waals surface area contributed by atoms with Gasteiger partial charge in [0.1, 0.15) is 13.2 Å². The highest BCUT2D eigenvalue weighted by Crippen LogP contribution is 2.26. The maximum absolute atomic E-state index is 12.3. The van der Waals surface area contributed by atoms with Crippen molar-refractivity contribution in [2.75, 3.05) is 0 Å². The number of halogens is 1. The molecular weight excluding hydrogens is 462 g/mol. The summed E-state index contributed by atoms with van der Waals surface area (Å²) in [6, 6.07) is 21.8. The minimum Gasteiger partial charge on any atom is -0.478 e. The fraction of sp³-hybridized carbons (Fsp3) is 0.0833. The van der Waals surface area contributed by atoms with Crippen molar-refractivity contribution in [2.24, 2.45) is 4.99 Å². The Balaban J connectivity index is 1.74. The molecule has 0 saturated carbocycles. The van der Waals surface area contributed by atoms with E-state index >= 15 is 0 Å². The van der Waals surface area contributed by atoms with Gasteiger partial charge in [0.05, 0.1) is 16.3 Å². The lowest BCUT2D eigenvalue weighted by Gasteiger charge is -2.12. The van der Waals surface area contributed by atoms with E-state index in [1.165, 1.54) is 18.2 Å². The first kappa shape index (κ1) is 24.3. The van der Waals surface area contributed by atoms with E-state index in [0.717, 1.165) is 11.1 Å². The number of aromatic carboxylic acids is 1. The van der Waals surface area contributed by atoms with Crippen LogP contribution in [0.25, 0.3) is 0 Å². The lowest BCUT2D eigenvalue weighted by molar-refractivity contribution is 0.0696. The zero-order chi connectivity index (χ0) is 24.3. The quantitative estimate of drug-likeness (QED) is 0.340. The van der Waals surface area contributed by atoms with Gasteiger partial charge in [-0.3, -0.25) is 10.6 Å². The average Bonchev–Trinajstić information content (AvgIpc) is 2.84. The summed E-state index contributed by atoms with van der Waals surface area (Å²) >= 11 is 6.11. The third-order valence-corrected chi connectivity index (χ3v) is 4.61. The van der Waals surface area contributed by atoms with Crippen LogP contribution in [0.2, 0.25) is 5.02 Å². The summed E-state index contributed by atoms with van der Waals surface area (Å²) in [4.78, 5) is 40.0. The fourth-order valence-corrected chi connectivity index (χ4v) is 2.81. The number of benzene rings is 3. The Kier molecular flexibility index (Phi) is 8.59. The summed E-state index contributed by atoms with van der Waals surface area (Å²) in [5.74, 6) is -1.55. The Bertz CT molecular complexity index is 1130. The van der Waals surface area contributed by atoms with Crippen LogP contribution in [-0.4, -0.2) is 29.2 Å². The van der Waals surface area contributed by atoms with Gasteiger partial charge in [-0.2, -0.15) is 0 Å². The normalized spacial score (nSPS) is 10.0. The van der Waals surface area contributed by atoms with E-state index in [4.69, 9.17) is 21.1 Å². The van der Waals surface area contributed by atoms with Gasteiger partial charge in [0.2, 0.25) is 5.96 Å². The largest absolute Gasteiger partial charge is 0.478 e. The molecule has 174 valence electrons. The molecule has 3 N–H and O–H groups in total. The summed E-state index contributed by atoms with van der Waals surface area (Å²) in [7, 11) is 0. The summed E-state index contributed by atoms with van der Waals surface area (Å²) < 4.78 is 10.3. The molecule has 3 aromatic carbocycles. The van der Waals surface area contributed by atoms with Crippen molar-refractivity contribution < 1.29 is 29.0 Å². The zero-order valence-electron chi connectivity index (χ0n) is 17.7. The van der Waals surface area contributed by atoms with Crippen LogP contribution in [0, 0.1) is 0 Å². The number of hydrogen-bond donors (Lipinski definition) is 3. The van der Waals surface area contributed by atoms with E-state index in [9.17, 15) is 19.5 Å². The van der Waals surface area contributed by atoms with Crippen molar-refractivity contribution in [1.29, 1.82) is 0 Å². The first-order chi connectivity index (χ1) is 16.4. The molecule has 0 aliphatic rings. The number of alkyl carbamates (subject to hydrolysis) is 2. The molecule has 0 atom stereocenters. The van der Waals surface area contributed by atoms with Crippen molar-refractivity contribution in [1.82, 2.24) is 10.6 Å². The summed E-state index contributed by atoms with van der Waals surface area (Å²) in [5, 5.41) is 13.9. The summed E-state index contributed by atoms with van der Waals surface area (Å²) in [5.41, 5.74) is 1.43. The maximum Gasteiger partial charge on any atom is 0.414 e. The number of carboxylic acid groups (broad SMARTS) is 1. The maximum atomic E-state index is 12.3. The molecule has 0 aliphatic heterocycles. The van der Waals surface area contributed by atoms with Crippen molar-refractivity contribution >= 4 is 41.4 Å². The molecule has 0 heterocycles. The van der Waals surface area contributed by atoms with E-state index in [1.54, 1.807) is 48.5 Å². The van der Waals surface area contributed by atoms with Gasteiger partial charge in [-0.25, -0.2) is 19.4 Å². The van der Waals surface area contributed by atoms with E-state index in [2.05, 4.69) is 15.6 Å². The molecule has 3 rings (SSSR count). The van der Waals surface area contributed by atoms with E-state index in [0.29, 0.717) is 0 Å². The standard InChI is InChI=1S/C24H20ClN3O6/c25-19-12-11-18(21(29)30)13-20(19)26-22(27-23(31)33-14-16-7-3-1-4-8-16)28-24(32)34-15-17-9-5-2-6-10-17/h1-13H,14-15H2,(H,29,30)(H2,26,27,28,31,32). The number of ether oxygens (including phenoxy) is 2. The predicted octanol–water partition coefficient (Wildman–Crippen LogP) is 4.88. The SMILES string of the molecule is O=C(NC(=Nc1cc(C(=O)O)ccc1Cl)NC(=O)OCc1ccccc1)OCc1ccccc1. The Hall–Kier alpha value is -4.37. The molecule has 0 bridgehead atoms. The zero-order valence-corrected chi connectivity index (χ0v) is 18.5. The smallest absolute Gasteiger partial charge is 0.414 e. The van der Waals surface area contributed by atoms with Gasteiger partial charge in [0.15, 0.2) is 0 Å². The second-order valence-corrected chi connectivity index (χ2v) is 7.21. The number of rotatable bonds is 6. The highest BCUT2D eigenvalue weighted by molar-refractivity contribution is 6.33. The second-order valence-electron chi connectivity index (χ2n) is 6.81. The van der Waals surface area contributed by atoms with Gasteiger partial charge in [-0.1, -0.05) is 72.3 Å². The molecule has 34 heavy (non-hydrogen) atoms. The van der Waals surface area contributed by atoms with Gasteiger partial charge in [-0.15, -0.1) is 0 Å². The number of guanidine groups is 1. The van der Waals surface area contributed by atoms with Gasteiger partial charge in [0.25, 0.3) is 0 Å². The molecule has 0 saturated heterocycles. The molecule has 2 amide bonds. The van der Waals surface area contributed by atoms with Crippen molar-refractivity contribution in [3.63, 3.8) is 0 Å². The number of carbonyl (C=O) groups excluding carboxylic acids is 2. The highest BCUT2D eigenvalue weighted by atomic mass is 35.5. The number of nitrogens with one attached hydrogen (secondary N) is 2. The van der Waals surface area contributed by atoms with E-state index < -0.39 is 18.2 Å². The van der Waals surface area contributed by atoms with E-state index in [1.807, 2.05) is 12.1 Å². The van der Waals surface area contributed by atoms with Crippen LogP contribution in [0.5, 0.6) is 0 Å². The molecular formula is C24H20ClN3O6. The number of carboxylic acids is 1. The van der Waals surface area contributed by atoms with Gasteiger partial charge in [0, 0.05) is 0 Å². The van der Waals surface area contributed by atoms with Crippen LogP contribution in [0.15, 0.2) is 83.9 Å². The lowest BCUT2D eigenvalue weighted by atomic mass is 10.2. The Morgan fingerprint density at radius 1 is 0.794 bits per heavy atom.